The van der Waals surface area contributed by atoms with Gasteiger partial charge in [-0.3, -0.25) is 0 Å². The Labute approximate surface area is 131 Å². The van der Waals surface area contributed by atoms with Gasteiger partial charge < -0.3 is 15.1 Å². The van der Waals surface area contributed by atoms with Gasteiger partial charge in [0.05, 0.1) is 6.26 Å². The molecule has 0 saturated heterocycles. The van der Waals surface area contributed by atoms with Crippen LogP contribution in [0.4, 0.5) is 0 Å². The normalized spacial score (nSPS) is 20.7. The van der Waals surface area contributed by atoms with E-state index in [0.717, 1.165) is 24.8 Å². The third-order valence-electron chi connectivity index (χ3n) is 4.00. The van der Waals surface area contributed by atoms with E-state index < -0.39 is 0 Å². The minimum absolute atomic E-state index is 0.565. The number of furan rings is 1. The van der Waals surface area contributed by atoms with Crippen LogP contribution in [0, 0.1) is 5.92 Å². The van der Waals surface area contributed by atoms with Crippen LogP contribution in [0.5, 0.6) is 0 Å². The second kappa shape index (κ2) is 7.16. The van der Waals surface area contributed by atoms with Crippen LogP contribution in [-0.4, -0.2) is 19.0 Å². The molecule has 0 radical (unpaired) electrons. The van der Waals surface area contributed by atoms with Crippen LogP contribution in [0.15, 0.2) is 58.1 Å². The zero-order valence-corrected chi connectivity index (χ0v) is 13.0. The zero-order chi connectivity index (χ0) is 15.2. The SMILES string of the molecule is CCNC(=NCc1ccco1)NCC1CC1c1ccccc1. The molecule has 116 valence electrons. The van der Waals surface area contributed by atoms with E-state index in [1.165, 1.54) is 12.0 Å². The number of nitrogens with one attached hydrogen (secondary N) is 2. The largest absolute Gasteiger partial charge is 0.467 e. The molecule has 22 heavy (non-hydrogen) atoms. The number of rotatable bonds is 6. The summed E-state index contributed by atoms with van der Waals surface area (Å²) >= 11 is 0. The molecule has 1 aromatic heterocycles. The monoisotopic (exact) mass is 297 g/mol. The molecule has 4 heteroatoms. The quantitative estimate of drug-likeness (QED) is 0.636. The van der Waals surface area contributed by atoms with Crippen LogP contribution in [0.25, 0.3) is 0 Å². The maximum Gasteiger partial charge on any atom is 0.191 e. The highest BCUT2D eigenvalue weighted by Crippen LogP contribution is 2.46. The van der Waals surface area contributed by atoms with Gasteiger partial charge in [0.2, 0.25) is 0 Å². The van der Waals surface area contributed by atoms with Crippen molar-refractivity contribution in [2.45, 2.75) is 25.8 Å². The fraction of sp³-hybridized carbons (Fsp3) is 0.389. The van der Waals surface area contributed by atoms with Gasteiger partial charge in [0.1, 0.15) is 12.3 Å². The van der Waals surface area contributed by atoms with E-state index in [1.807, 2.05) is 12.1 Å². The lowest BCUT2D eigenvalue weighted by atomic mass is 10.1. The molecule has 2 aromatic rings. The van der Waals surface area contributed by atoms with E-state index in [9.17, 15) is 0 Å². The van der Waals surface area contributed by atoms with Gasteiger partial charge in [-0.15, -0.1) is 0 Å². The molecule has 1 saturated carbocycles. The maximum absolute atomic E-state index is 5.31. The first-order valence-electron chi connectivity index (χ1n) is 7.96. The summed E-state index contributed by atoms with van der Waals surface area (Å²) in [5, 5.41) is 6.72. The Kier molecular flexibility index (Phi) is 4.78. The molecular formula is C18H23N3O. The summed E-state index contributed by atoms with van der Waals surface area (Å²) in [6, 6.07) is 14.6. The van der Waals surface area contributed by atoms with Gasteiger partial charge in [0.15, 0.2) is 5.96 Å². The lowest BCUT2D eigenvalue weighted by molar-refractivity contribution is 0.512. The Balaban J connectivity index is 1.49. The summed E-state index contributed by atoms with van der Waals surface area (Å²) in [5.74, 6) is 3.14. The van der Waals surface area contributed by atoms with Crippen LogP contribution >= 0.6 is 0 Å². The number of nitrogens with zero attached hydrogens (tertiary/aromatic N) is 1. The first kappa shape index (κ1) is 14.7. The lowest BCUT2D eigenvalue weighted by Crippen LogP contribution is -2.38. The molecule has 0 spiro atoms. The number of aliphatic imine (C=N–C) groups is 1. The number of hydrogen-bond acceptors (Lipinski definition) is 2. The fourth-order valence-electron chi connectivity index (χ4n) is 2.71. The van der Waals surface area contributed by atoms with E-state index in [-0.39, 0.29) is 0 Å². The summed E-state index contributed by atoms with van der Waals surface area (Å²) in [4.78, 5) is 4.55. The van der Waals surface area contributed by atoms with Crippen LogP contribution < -0.4 is 10.6 Å². The maximum atomic E-state index is 5.31. The first-order chi connectivity index (χ1) is 10.9. The molecule has 3 rings (SSSR count). The zero-order valence-electron chi connectivity index (χ0n) is 13.0. The van der Waals surface area contributed by atoms with Crippen molar-refractivity contribution in [2.24, 2.45) is 10.9 Å². The second-order valence-electron chi connectivity index (χ2n) is 5.67. The summed E-state index contributed by atoms with van der Waals surface area (Å²) < 4.78 is 5.31. The third-order valence-corrected chi connectivity index (χ3v) is 4.00. The molecule has 1 fully saturated rings. The summed E-state index contributed by atoms with van der Waals surface area (Å²) in [5.41, 5.74) is 1.45. The minimum Gasteiger partial charge on any atom is -0.467 e. The minimum atomic E-state index is 0.565. The Morgan fingerprint density at radius 3 is 2.77 bits per heavy atom. The van der Waals surface area contributed by atoms with E-state index in [4.69, 9.17) is 4.42 Å². The topological polar surface area (TPSA) is 49.6 Å². The van der Waals surface area contributed by atoms with Crippen molar-refractivity contribution < 1.29 is 4.42 Å². The van der Waals surface area contributed by atoms with Crippen molar-refractivity contribution in [3.05, 3.63) is 60.1 Å². The van der Waals surface area contributed by atoms with E-state index in [2.05, 4.69) is 52.9 Å². The molecule has 0 bridgehead atoms. The molecule has 1 aliphatic rings. The molecule has 0 aliphatic heterocycles. The number of guanidine groups is 1. The van der Waals surface area contributed by atoms with Crippen molar-refractivity contribution in [1.29, 1.82) is 0 Å². The van der Waals surface area contributed by atoms with Crippen molar-refractivity contribution >= 4 is 5.96 Å². The van der Waals surface area contributed by atoms with Crippen molar-refractivity contribution in [3.63, 3.8) is 0 Å². The molecule has 2 N–H and O–H groups in total. The first-order valence-corrected chi connectivity index (χ1v) is 7.96. The summed E-state index contributed by atoms with van der Waals surface area (Å²) in [6.45, 7) is 4.46. The second-order valence-corrected chi connectivity index (χ2v) is 5.67. The van der Waals surface area contributed by atoms with Gasteiger partial charge in [0, 0.05) is 13.1 Å². The molecular weight excluding hydrogens is 274 g/mol. The van der Waals surface area contributed by atoms with Gasteiger partial charge in [-0.2, -0.15) is 0 Å². The highest BCUT2D eigenvalue weighted by molar-refractivity contribution is 5.79. The van der Waals surface area contributed by atoms with E-state index >= 15 is 0 Å². The average Bonchev–Trinajstić information content (AvgIpc) is 3.15. The Morgan fingerprint density at radius 2 is 2.05 bits per heavy atom. The molecule has 1 aliphatic carbocycles. The molecule has 4 nitrogen and oxygen atoms in total. The van der Waals surface area contributed by atoms with Gasteiger partial charge in [-0.05, 0) is 42.9 Å². The molecule has 1 aromatic carbocycles. The Morgan fingerprint density at radius 1 is 1.18 bits per heavy atom. The van der Waals surface area contributed by atoms with E-state index in [0.29, 0.717) is 18.4 Å². The average molecular weight is 297 g/mol. The highest BCUT2D eigenvalue weighted by atomic mass is 16.3. The molecule has 1 heterocycles. The van der Waals surface area contributed by atoms with Gasteiger partial charge >= 0.3 is 0 Å². The van der Waals surface area contributed by atoms with Crippen LogP contribution in [0.2, 0.25) is 0 Å². The van der Waals surface area contributed by atoms with Gasteiger partial charge in [-0.25, -0.2) is 4.99 Å². The van der Waals surface area contributed by atoms with Gasteiger partial charge in [0.25, 0.3) is 0 Å². The predicted molar refractivity (Wildman–Crippen MR) is 88.8 cm³/mol. The van der Waals surface area contributed by atoms with Crippen LogP contribution in [0.1, 0.15) is 30.6 Å². The molecule has 2 atom stereocenters. The molecule has 2 unspecified atom stereocenters. The fourth-order valence-corrected chi connectivity index (χ4v) is 2.71. The third kappa shape index (κ3) is 3.91. The van der Waals surface area contributed by atoms with Crippen molar-refractivity contribution in [2.75, 3.05) is 13.1 Å². The lowest BCUT2D eigenvalue weighted by Gasteiger charge is -2.10. The number of benzene rings is 1. The highest BCUT2D eigenvalue weighted by Gasteiger charge is 2.37. The van der Waals surface area contributed by atoms with E-state index in [1.54, 1.807) is 6.26 Å². The van der Waals surface area contributed by atoms with Crippen LogP contribution in [-0.2, 0) is 6.54 Å². The predicted octanol–water partition coefficient (Wildman–Crippen LogP) is 3.14. The smallest absolute Gasteiger partial charge is 0.191 e. The van der Waals surface area contributed by atoms with Gasteiger partial charge in [-0.1, -0.05) is 30.3 Å². The standard InChI is InChI=1S/C18H23N3O/c1-2-19-18(21-13-16-9-6-10-22-16)20-12-15-11-17(15)14-7-4-3-5-8-14/h3-10,15,17H,2,11-13H2,1H3,(H2,19,20,21). The van der Waals surface area contributed by atoms with Crippen molar-refractivity contribution in [3.8, 4) is 0 Å². The molecule has 0 amide bonds. The van der Waals surface area contributed by atoms with Crippen molar-refractivity contribution in [1.82, 2.24) is 10.6 Å². The Hall–Kier alpha value is -2.23. The number of hydrogen-bond donors (Lipinski definition) is 2. The van der Waals surface area contributed by atoms with Crippen LogP contribution in [0.3, 0.4) is 0 Å². The Bertz CT molecular complexity index is 592. The summed E-state index contributed by atoms with van der Waals surface area (Å²) in [7, 11) is 0. The summed E-state index contributed by atoms with van der Waals surface area (Å²) in [6.07, 6.45) is 2.94.